The molecule has 0 spiro atoms. The summed E-state index contributed by atoms with van der Waals surface area (Å²) in [5, 5.41) is 0. The van der Waals surface area contributed by atoms with Crippen LogP contribution in [0.3, 0.4) is 0 Å². The standard InChI is InChI=1S/C7H21NOSi2/c1-10(2,3)9-11(4,5)7-6-8/h6-8H2,1-5H3. The molecule has 0 aliphatic rings. The van der Waals surface area contributed by atoms with Gasteiger partial charge in [-0.2, -0.15) is 0 Å². The molecule has 0 saturated carbocycles. The molecule has 68 valence electrons. The zero-order valence-electron chi connectivity index (χ0n) is 8.40. The van der Waals surface area contributed by atoms with Gasteiger partial charge in [0.25, 0.3) is 0 Å². The normalized spacial score (nSPS) is 13.6. The Hall–Kier alpha value is 0.354. The van der Waals surface area contributed by atoms with Crippen molar-refractivity contribution in [3.05, 3.63) is 0 Å². The predicted octanol–water partition coefficient (Wildman–Crippen LogP) is 2.00. The number of nitrogens with two attached hydrogens (primary N) is 1. The Morgan fingerprint density at radius 1 is 1.09 bits per heavy atom. The van der Waals surface area contributed by atoms with Gasteiger partial charge in [-0.25, -0.2) is 0 Å². The second-order valence-electron chi connectivity index (χ2n) is 4.51. The summed E-state index contributed by atoms with van der Waals surface area (Å²) in [6.07, 6.45) is 0. The van der Waals surface area contributed by atoms with Crippen molar-refractivity contribution in [2.45, 2.75) is 38.8 Å². The minimum Gasteiger partial charge on any atom is -0.456 e. The molecule has 0 aromatic heterocycles. The van der Waals surface area contributed by atoms with Crippen molar-refractivity contribution in [3.63, 3.8) is 0 Å². The van der Waals surface area contributed by atoms with Crippen molar-refractivity contribution in [3.8, 4) is 0 Å². The first-order valence-electron chi connectivity index (χ1n) is 4.17. The minimum absolute atomic E-state index is 0.768. The molecule has 0 aliphatic heterocycles. The fraction of sp³-hybridized carbons (Fsp3) is 1.00. The molecule has 4 heteroatoms. The van der Waals surface area contributed by atoms with Gasteiger partial charge in [0.1, 0.15) is 0 Å². The molecule has 2 N–H and O–H groups in total. The molecule has 0 aromatic carbocycles. The Labute approximate surface area is 72.4 Å². The maximum Gasteiger partial charge on any atom is 0.174 e. The lowest BCUT2D eigenvalue weighted by molar-refractivity contribution is 0.548. The van der Waals surface area contributed by atoms with Crippen molar-refractivity contribution in [1.29, 1.82) is 0 Å². The molecular weight excluding hydrogens is 170 g/mol. The zero-order valence-corrected chi connectivity index (χ0v) is 10.4. The van der Waals surface area contributed by atoms with Gasteiger partial charge >= 0.3 is 0 Å². The number of hydrogen-bond acceptors (Lipinski definition) is 2. The summed E-state index contributed by atoms with van der Waals surface area (Å²) in [7, 11) is -2.73. The van der Waals surface area contributed by atoms with Gasteiger partial charge in [0, 0.05) is 0 Å². The van der Waals surface area contributed by atoms with Crippen LogP contribution in [0.25, 0.3) is 0 Å². The van der Waals surface area contributed by atoms with Gasteiger partial charge in [0.15, 0.2) is 16.6 Å². The van der Waals surface area contributed by atoms with E-state index in [2.05, 4.69) is 32.7 Å². The lowest BCUT2D eigenvalue weighted by Gasteiger charge is -2.31. The molecule has 0 atom stereocenters. The van der Waals surface area contributed by atoms with E-state index >= 15 is 0 Å². The molecule has 0 amide bonds. The van der Waals surface area contributed by atoms with E-state index in [-0.39, 0.29) is 0 Å². The third kappa shape index (κ3) is 6.74. The summed E-state index contributed by atoms with van der Waals surface area (Å²) >= 11 is 0. The van der Waals surface area contributed by atoms with E-state index < -0.39 is 16.6 Å². The van der Waals surface area contributed by atoms with Crippen LogP contribution in [-0.4, -0.2) is 23.2 Å². The van der Waals surface area contributed by atoms with E-state index in [1.165, 1.54) is 0 Å². The Morgan fingerprint density at radius 3 is 1.82 bits per heavy atom. The van der Waals surface area contributed by atoms with E-state index in [0.717, 1.165) is 12.6 Å². The fourth-order valence-electron chi connectivity index (χ4n) is 1.23. The van der Waals surface area contributed by atoms with Gasteiger partial charge in [-0.3, -0.25) is 0 Å². The smallest absolute Gasteiger partial charge is 0.174 e. The lowest BCUT2D eigenvalue weighted by atomic mass is 10.8. The molecular formula is C7H21NOSi2. The van der Waals surface area contributed by atoms with Crippen molar-refractivity contribution in [1.82, 2.24) is 0 Å². The van der Waals surface area contributed by atoms with Crippen LogP contribution in [0.1, 0.15) is 0 Å². The Bertz CT molecular complexity index is 120. The predicted molar refractivity (Wildman–Crippen MR) is 55.8 cm³/mol. The summed E-state index contributed by atoms with van der Waals surface area (Å²) in [6.45, 7) is 12.0. The van der Waals surface area contributed by atoms with Gasteiger partial charge in [0.2, 0.25) is 0 Å². The van der Waals surface area contributed by atoms with Crippen LogP contribution in [0.5, 0.6) is 0 Å². The average Bonchev–Trinajstić information content (AvgIpc) is 1.55. The molecule has 0 saturated heterocycles. The Balaban J connectivity index is 3.91. The summed E-state index contributed by atoms with van der Waals surface area (Å²) < 4.78 is 6.06. The molecule has 11 heavy (non-hydrogen) atoms. The van der Waals surface area contributed by atoms with Crippen molar-refractivity contribution >= 4 is 16.6 Å². The minimum atomic E-state index is -1.40. The number of rotatable bonds is 4. The number of hydrogen-bond donors (Lipinski definition) is 1. The van der Waals surface area contributed by atoms with Crippen molar-refractivity contribution in [2.24, 2.45) is 5.73 Å². The van der Waals surface area contributed by atoms with Gasteiger partial charge in [-0.05, 0) is 45.3 Å². The summed E-state index contributed by atoms with van der Waals surface area (Å²) in [5.74, 6) is 0. The molecule has 2 nitrogen and oxygen atoms in total. The van der Waals surface area contributed by atoms with Crippen LogP contribution in [0.4, 0.5) is 0 Å². The average molecular weight is 191 g/mol. The van der Waals surface area contributed by atoms with Crippen LogP contribution < -0.4 is 5.73 Å². The molecule has 0 aromatic rings. The molecule has 0 rings (SSSR count). The molecule has 0 unspecified atom stereocenters. The van der Waals surface area contributed by atoms with Gasteiger partial charge < -0.3 is 9.85 Å². The quantitative estimate of drug-likeness (QED) is 0.690. The highest BCUT2D eigenvalue weighted by Crippen LogP contribution is 2.16. The first kappa shape index (κ1) is 11.4. The fourth-order valence-corrected chi connectivity index (χ4v) is 8.96. The first-order valence-corrected chi connectivity index (χ1v) is 10.7. The second kappa shape index (κ2) is 3.84. The zero-order chi connectivity index (χ0) is 9.12. The van der Waals surface area contributed by atoms with Crippen molar-refractivity contribution in [2.75, 3.05) is 6.54 Å². The van der Waals surface area contributed by atoms with Crippen LogP contribution in [0.15, 0.2) is 0 Å². The third-order valence-electron chi connectivity index (χ3n) is 1.33. The van der Waals surface area contributed by atoms with E-state index in [9.17, 15) is 0 Å². The largest absolute Gasteiger partial charge is 0.456 e. The summed E-state index contributed by atoms with van der Waals surface area (Å²) in [6, 6.07) is 1.08. The van der Waals surface area contributed by atoms with Crippen LogP contribution >= 0.6 is 0 Å². The summed E-state index contributed by atoms with van der Waals surface area (Å²) in [4.78, 5) is 0. The molecule has 0 radical (unpaired) electrons. The topological polar surface area (TPSA) is 35.2 Å². The van der Waals surface area contributed by atoms with Gasteiger partial charge in [-0.1, -0.05) is 0 Å². The Morgan fingerprint density at radius 2 is 1.55 bits per heavy atom. The molecule has 0 fully saturated rings. The first-order chi connectivity index (χ1) is 4.77. The SMILES string of the molecule is C[Si](C)(C)O[Si](C)(C)CCN. The van der Waals surface area contributed by atoms with Crippen LogP contribution in [-0.2, 0) is 4.12 Å². The molecule has 0 aliphatic carbocycles. The van der Waals surface area contributed by atoms with E-state index in [1.54, 1.807) is 0 Å². The van der Waals surface area contributed by atoms with Crippen molar-refractivity contribution < 1.29 is 4.12 Å². The van der Waals surface area contributed by atoms with Gasteiger partial charge in [0.05, 0.1) is 0 Å². The lowest BCUT2D eigenvalue weighted by Crippen LogP contribution is -2.43. The van der Waals surface area contributed by atoms with Gasteiger partial charge in [-0.15, -0.1) is 0 Å². The molecule has 0 bridgehead atoms. The monoisotopic (exact) mass is 191 g/mol. The third-order valence-corrected chi connectivity index (χ3v) is 7.48. The van der Waals surface area contributed by atoms with E-state index in [0.29, 0.717) is 0 Å². The van der Waals surface area contributed by atoms with E-state index in [4.69, 9.17) is 9.85 Å². The maximum absolute atomic E-state index is 6.06. The van der Waals surface area contributed by atoms with Crippen LogP contribution in [0, 0.1) is 0 Å². The van der Waals surface area contributed by atoms with Crippen LogP contribution in [0.2, 0.25) is 38.8 Å². The second-order valence-corrected chi connectivity index (χ2v) is 13.6. The highest BCUT2D eigenvalue weighted by Gasteiger charge is 2.28. The Kier molecular flexibility index (Phi) is 3.97. The molecule has 0 heterocycles. The maximum atomic E-state index is 6.06. The highest BCUT2D eigenvalue weighted by atomic mass is 28.4. The highest BCUT2D eigenvalue weighted by molar-refractivity contribution is 6.84. The van der Waals surface area contributed by atoms with E-state index in [1.807, 2.05) is 0 Å². The summed E-state index contributed by atoms with van der Waals surface area (Å²) in [5.41, 5.74) is 5.50.